The lowest BCUT2D eigenvalue weighted by atomic mass is 10.1. The molecule has 112 valence electrons. The van der Waals surface area contributed by atoms with Gasteiger partial charge >= 0.3 is 0 Å². The highest BCUT2D eigenvalue weighted by Crippen LogP contribution is 2.34. The molecule has 0 fully saturated rings. The summed E-state index contributed by atoms with van der Waals surface area (Å²) >= 11 is 0. The highest BCUT2D eigenvalue weighted by atomic mass is 32.2. The average molecular weight is 298 g/mol. The lowest BCUT2D eigenvalue weighted by Gasteiger charge is -2.21. The van der Waals surface area contributed by atoms with Crippen LogP contribution in [0.1, 0.15) is 38.2 Å². The maximum Gasteiger partial charge on any atom is 0.244 e. The van der Waals surface area contributed by atoms with E-state index >= 15 is 0 Å². The fraction of sp³-hybridized carbons (Fsp3) is 0.571. The SMILES string of the molecule is CCCCCNS(=O)(=O)c1cc(N)cc2c1OCCC2. The van der Waals surface area contributed by atoms with Gasteiger partial charge in [0.1, 0.15) is 10.6 Å². The van der Waals surface area contributed by atoms with E-state index in [1.807, 2.05) is 0 Å². The Labute approximate surface area is 120 Å². The number of hydrogen-bond acceptors (Lipinski definition) is 4. The van der Waals surface area contributed by atoms with Crippen LogP contribution in [0.3, 0.4) is 0 Å². The number of ether oxygens (including phenoxy) is 1. The van der Waals surface area contributed by atoms with Gasteiger partial charge in [-0.15, -0.1) is 0 Å². The third kappa shape index (κ3) is 3.43. The third-order valence-electron chi connectivity index (χ3n) is 3.35. The molecule has 1 aromatic rings. The minimum Gasteiger partial charge on any atom is -0.492 e. The Morgan fingerprint density at radius 1 is 1.35 bits per heavy atom. The number of unbranched alkanes of at least 4 members (excludes halogenated alkanes) is 2. The molecule has 0 unspecified atom stereocenters. The van der Waals surface area contributed by atoms with Crippen LogP contribution in [0.5, 0.6) is 5.75 Å². The molecule has 5 nitrogen and oxygen atoms in total. The van der Waals surface area contributed by atoms with Gasteiger partial charge in [-0.2, -0.15) is 0 Å². The summed E-state index contributed by atoms with van der Waals surface area (Å²) in [4.78, 5) is 0.170. The van der Waals surface area contributed by atoms with E-state index in [1.54, 1.807) is 6.07 Å². The Morgan fingerprint density at radius 3 is 2.90 bits per heavy atom. The van der Waals surface area contributed by atoms with Crippen molar-refractivity contribution in [2.75, 3.05) is 18.9 Å². The van der Waals surface area contributed by atoms with E-state index in [2.05, 4.69) is 11.6 Å². The Bertz CT molecular complexity index is 570. The van der Waals surface area contributed by atoms with Gasteiger partial charge in [0.05, 0.1) is 6.61 Å². The highest BCUT2D eigenvalue weighted by Gasteiger charge is 2.24. The van der Waals surface area contributed by atoms with Gasteiger partial charge in [0.2, 0.25) is 10.0 Å². The first kappa shape index (κ1) is 15.1. The molecule has 3 N–H and O–H groups in total. The maximum atomic E-state index is 12.4. The van der Waals surface area contributed by atoms with E-state index in [0.717, 1.165) is 37.7 Å². The molecule has 0 atom stereocenters. The molecular weight excluding hydrogens is 276 g/mol. The number of nitrogens with two attached hydrogens (primary N) is 1. The predicted molar refractivity (Wildman–Crippen MR) is 79.4 cm³/mol. The summed E-state index contributed by atoms with van der Waals surface area (Å²) in [5.41, 5.74) is 7.15. The smallest absolute Gasteiger partial charge is 0.244 e. The molecule has 1 aromatic carbocycles. The Balaban J connectivity index is 2.24. The zero-order valence-corrected chi connectivity index (χ0v) is 12.6. The topological polar surface area (TPSA) is 81.4 Å². The van der Waals surface area contributed by atoms with E-state index in [4.69, 9.17) is 10.5 Å². The number of rotatable bonds is 6. The summed E-state index contributed by atoms with van der Waals surface area (Å²) in [6.45, 7) is 3.08. The van der Waals surface area contributed by atoms with Gasteiger partial charge < -0.3 is 10.5 Å². The van der Waals surface area contributed by atoms with Crippen molar-refractivity contribution < 1.29 is 13.2 Å². The van der Waals surface area contributed by atoms with Crippen LogP contribution < -0.4 is 15.2 Å². The van der Waals surface area contributed by atoms with Crippen LogP contribution in [0.15, 0.2) is 17.0 Å². The van der Waals surface area contributed by atoms with Crippen molar-refractivity contribution in [2.24, 2.45) is 0 Å². The summed E-state index contributed by atoms with van der Waals surface area (Å²) in [7, 11) is -3.56. The highest BCUT2D eigenvalue weighted by molar-refractivity contribution is 7.89. The summed E-state index contributed by atoms with van der Waals surface area (Å²) in [6.07, 6.45) is 4.59. The largest absolute Gasteiger partial charge is 0.492 e. The normalized spacial score (nSPS) is 14.7. The second-order valence-electron chi connectivity index (χ2n) is 5.06. The number of nitrogen functional groups attached to an aromatic ring is 1. The first-order chi connectivity index (χ1) is 9.54. The second-order valence-corrected chi connectivity index (χ2v) is 6.80. The fourth-order valence-electron chi connectivity index (χ4n) is 2.33. The van der Waals surface area contributed by atoms with Crippen molar-refractivity contribution in [3.05, 3.63) is 17.7 Å². The standard InChI is InChI=1S/C14H22N2O3S/c1-2-3-4-7-16-20(17,18)13-10-12(15)9-11-6-5-8-19-14(11)13/h9-10,16H,2-8,15H2,1H3. The molecular formula is C14H22N2O3S. The Morgan fingerprint density at radius 2 is 2.15 bits per heavy atom. The Hall–Kier alpha value is -1.27. The molecule has 1 heterocycles. The van der Waals surface area contributed by atoms with Crippen LogP contribution in [0.4, 0.5) is 5.69 Å². The molecule has 1 aliphatic heterocycles. The van der Waals surface area contributed by atoms with Crippen molar-refractivity contribution in [3.8, 4) is 5.75 Å². The van der Waals surface area contributed by atoms with Crippen LogP contribution in [0.2, 0.25) is 0 Å². The van der Waals surface area contributed by atoms with E-state index in [9.17, 15) is 8.42 Å². The van der Waals surface area contributed by atoms with E-state index in [0.29, 0.717) is 24.6 Å². The maximum absolute atomic E-state index is 12.4. The lowest BCUT2D eigenvalue weighted by molar-refractivity contribution is 0.280. The summed E-state index contributed by atoms with van der Waals surface area (Å²) in [5.74, 6) is 0.466. The van der Waals surface area contributed by atoms with Crippen molar-refractivity contribution >= 4 is 15.7 Å². The summed E-state index contributed by atoms with van der Waals surface area (Å²) < 4.78 is 32.9. The minimum absolute atomic E-state index is 0.170. The molecule has 0 bridgehead atoms. The first-order valence-corrected chi connectivity index (χ1v) is 8.58. The number of fused-ring (bicyclic) bond motifs is 1. The van der Waals surface area contributed by atoms with E-state index < -0.39 is 10.0 Å². The molecule has 0 aliphatic carbocycles. The number of aryl methyl sites for hydroxylation is 1. The molecule has 0 saturated carbocycles. The minimum atomic E-state index is -3.56. The third-order valence-corrected chi connectivity index (χ3v) is 4.82. The number of sulfonamides is 1. The van der Waals surface area contributed by atoms with E-state index in [1.165, 1.54) is 6.07 Å². The van der Waals surface area contributed by atoms with Crippen LogP contribution in [0, 0.1) is 0 Å². The number of anilines is 1. The van der Waals surface area contributed by atoms with Gasteiger partial charge in [0.25, 0.3) is 0 Å². The monoisotopic (exact) mass is 298 g/mol. The molecule has 0 spiro atoms. The van der Waals surface area contributed by atoms with Gasteiger partial charge in [-0.05, 0) is 37.0 Å². The fourth-order valence-corrected chi connectivity index (χ4v) is 3.62. The van der Waals surface area contributed by atoms with Crippen molar-refractivity contribution in [1.29, 1.82) is 0 Å². The number of nitrogens with one attached hydrogen (secondary N) is 1. The van der Waals surface area contributed by atoms with Crippen molar-refractivity contribution in [2.45, 2.75) is 43.9 Å². The van der Waals surface area contributed by atoms with Gasteiger partial charge in [-0.1, -0.05) is 19.8 Å². The zero-order valence-electron chi connectivity index (χ0n) is 11.8. The van der Waals surface area contributed by atoms with Crippen LogP contribution >= 0.6 is 0 Å². The molecule has 20 heavy (non-hydrogen) atoms. The van der Waals surface area contributed by atoms with Crippen molar-refractivity contribution in [1.82, 2.24) is 4.72 Å². The van der Waals surface area contributed by atoms with Gasteiger partial charge in [0.15, 0.2) is 0 Å². The lowest BCUT2D eigenvalue weighted by Crippen LogP contribution is -2.26. The van der Waals surface area contributed by atoms with Crippen molar-refractivity contribution in [3.63, 3.8) is 0 Å². The second kappa shape index (κ2) is 6.45. The molecule has 6 heteroatoms. The molecule has 0 radical (unpaired) electrons. The van der Waals surface area contributed by atoms with Crippen LogP contribution in [-0.2, 0) is 16.4 Å². The first-order valence-electron chi connectivity index (χ1n) is 7.09. The van der Waals surface area contributed by atoms with Crippen LogP contribution in [0.25, 0.3) is 0 Å². The Kier molecular flexibility index (Phi) is 4.88. The van der Waals surface area contributed by atoms with E-state index in [-0.39, 0.29) is 4.90 Å². The average Bonchev–Trinajstić information content (AvgIpc) is 2.42. The summed E-state index contributed by atoms with van der Waals surface area (Å²) in [6, 6.07) is 3.27. The molecule has 0 aromatic heterocycles. The zero-order chi connectivity index (χ0) is 14.6. The number of benzene rings is 1. The van der Waals surface area contributed by atoms with Gasteiger partial charge in [0, 0.05) is 12.2 Å². The molecule has 1 aliphatic rings. The number of hydrogen-bond donors (Lipinski definition) is 2. The molecule has 0 saturated heterocycles. The summed E-state index contributed by atoms with van der Waals surface area (Å²) in [5, 5.41) is 0. The molecule has 2 rings (SSSR count). The predicted octanol–water partition coefficient (Wildman–Crippen LogP) is 2.06. The van der Waals surface area contributed by atoms with Gasteiger partial charge in [-0.25, -0.2) is 13.1 Å². The van der Waals surface area contributed by atoms with Gasteiger partial charge in [-0.3, -0.25) is 0 Å². The molecule has 0 amide bonds. The van der Waals surface area contributed by atoms with Crippen LogP contribution in [-0.4, -0.2) is 21.6 Å². The quantitative estimate of drug-likeness (QED) is 0.622.